The average molecular weight is 270 g/mol. The molecule has 1 aromatic carbocycles. The average Bonchev–Trinajstić information content (AvgIpc) is 2.36. The van der Waals surface area contributed by atoms with E-state index in [1.165, 1.54) is 0 Å². The smallest absolute Gasteiger partial charge is 0.254 e. The minimum absolute atomic E-state index is 0.282. The number of aliphatic hydroxyl groups is 1. The number of carbonyl (C=O) groups is 1. The van der Waals surface area contributed by atoms with E-state index in [0.717, 1.165) is 18.9 Å². The summed E-state index contributed by atoms with van der Waals surface area (Å²) in [6.45, 7) is 0. The van der Waals surface area contributed by atoms with E-state index < -0.39 is 29.7 Å². The van der Waals surface area contributed by atoms with Crippen LogP contribution >= 0.6 is 0 Å². The molecule has 0 unspecified atom stereocenters. The van der Waals surface area contributed by atoms with E-state index in [9.17, 15) is 18.7 Å². The molecule has 104 valence electrons. The van der Waals surface area contributed by atoms with E-state index in [1.54, 1.807) is 0 Å². The van der Waals surface area contributed by atoms with Crippen molar-refractivity contribution >= 4 is 11.6 Å². The number of nitrogen functional groups attached to an aromatic ring is 1. The molecule has 0 heterocycles. The number of halogens is 2. The lowest BCUT2D eigenvalue weighted by Gasteiger charge is -2.28. The zero-order valence-electron chi connectivity index (χ0n) is 10.3. The van der Waals surface area contributed by atoms with Gasteiger partial charge in [-0.1, -0.05) is 12.8 Å². The van der Waals surface area contributed by atoms with Gasteiger partial charge >= 0.3 is 0 Å². The summed E-state index contributed by atoms with van der Waals surface area (Å²) in [6, 6.07) is 1.16. The first-order valence-corrected chi connectivity index (χ1v) is 6.22. The van der Waals surface area contributed by atoms with E-state index in [1.807, 2.05) is 0 Å². The first-order chi connectivity index (χ1) is 8.99. The zero-order chi connectivity index (χ0) is 14.0. The van der Waals surface area contributed by atoms with Crippen LogP contribution in [0.5, 0.6) is 0 Å². The number of carbonyl (C=O) groups excluding carboxylic acids is 1. The van der Waals surface area contributed by atoms with Crippen molar-refractivity contribution in [3.63, 3.8) is 0 Å². The fraction of sp³-hybridized carbons (Fsp3) is 0.462. The minimum atomic E-state index is -0.963. The molecule has 1 saturated carbocycles. The number of nitrogens with one attached hydrogen (secondary N) is 1. The van der Waals surface area contributed by atoms with Crippen molar-refractivity contribution in [2.45, 2.75) is 37.8 Å². The van der Waals surface area contributed by atoms with Crippen molar-refractivity contribution in [2.24, 2.45) is 0 Å². The number of rotatable bonds is 2. The molecule has 19 heavy (non-hydrogen) atoms. The van der Waals surface area contributed by atoms with E-state index in [2.05, 4.69) is 5.32 Å². The Morgan fingerprint density at radius 1 is 1.26 bits per heavy atom. The van der Waals surface area contributed by atoms with Gasteiger partial charge < -0.3 is 16.2 Å². The second-order valence-electron chi connectivity index (χ2n) is 4.79. The first-order valence-electron chi connectivity index (χ1n) is 6.22. The quantitative estimate of drug-likeness (QED) is 0.714. The number of anilines is 1. The molecule has 0 aromatic heterocycles. The van der Waals surface area contributed by atoms with Crippen molar-refractivity contribution in [3.05, 3.63) is 29.3 Å². The maximum absolute atomic E-state index is 13.5. The Morgan fingerprint density at radius 3 is 2.63 bits per heavy atom. The molecular formula is C13H16F2N2O2. The Kier molecular flexibility index (Phi) is 3.99. The van der Waals surface area contributed by atoms with Crippen LogP contribution in [0.2, 0.25) is 0 Å². The monoisotopic (exact) mass is 270 g/mol. The highest BCUT2D eigenvalue weighted by Crippen LogP contribution is 2.20. The summed E-state index contributed by atoms with van der Waals surface area (Å²) in [6.07, 6.45) is 2.43. The van der Waals surface area contributed by atoms with E-state index >= 15 is 0 Å². The van der Waals surface area contributed by atoms with Gasteiger partial charge in [0.15, 0.2) is 0 Å². The molecule has 0 aliphatic heterocycles. The number of hydrogen-bond acceptors (Lipinski definition) is 3. The third-order valence-corrected chi connectivity index (χ3v) is 3.38. The lowest BCUT2D eigenvalue weighted by atomic mass is 9.92. The molecule has 0 bridgehead atoms. The van der Waals surface area contributed by atoms with Crippen molar-refractivity contribution < 1.29 is 18.7 Å². The van der Waals surface area contributed by atoms with Crippen LogP contribution in [-0.4, -0.2) is 23.2 Å². The van der Waals surface area contributed by atoms with Crippen molar-refractivity contribution in [2.75, 3.05) is 5.73 Å². The topological polar surface area (TPSA) is 75.4 Å². The van der Waals surface area contributed by atoms with Crippen LogP contribution in [0, 0.1) is 11.6 Å². The predicted octanol–water partition coefficient (Wildman–Crippen LogP) is 1.58. The summed E-state index contributed by atoms with van der Waals surface area (Å²) in [7, 11) is 0. The maximum atomic E-state index is 13.5. The standard InChI is InChI=1S/C13H16F2N2O2/c14-8-6-9(15)10(16)5-7(8)13(19)17-11-3-1-2-4-12(11)18/h5-6,11-12,18H,1-4,16H2,(H,17,19)/t11-,12-/m1/s1. The van der Waals surface area contributed by atoms with Crippen LogP contribution in [-0.2, 0) is 0 Å². The van der Waals surface area contributed by atoms with E-state index in [-0.39, 0.29) is 11.3 Å². The van der Waals surface area contributed by atoms with Gasteiger partial charge in [0.25, 0.3) is 5.91 Å². The lowest BCUT2D eigenvalue weighted by molar-refractivity contribution is 0.0714. The van der Waals surface area contributed by atoms with E-state index in [0.29, 0.717) is 18.9 Å². The third kappa shape index (κ3) is 3.01. The van der Waals surface area contributed by atoms with Crippen molar-refractivity contribution in [1.82, 2.24) is 5.32 Å². The lowest BCUT2D eigenvalue weighted by Crippen LogP contribution is -2.45. The second-order valence-corrected chi connectivity index (χ2v) is 4.79. The molecule has 2 rings (SSSR count). The van der Waals surface area contributed by atoms with Crippen LogP contribution in [0.1, 0.15) is 36.0 Å². The van der Waals surface area contributed by atoms with Gasteiger partial charge in [0, 0.05) is 6.07 Å². The molecule has 1 fully saturated rings. The van der Waals surface area contributed by atoms with Crippen LogP contribution < -0.4 is 11.1 Å². The van der Waals surface area contributed by atoms with Crippen LogP contribution in [0.25, 0.3) is 0 Å². The highest BCUT2D eigenvalue weighted by atomic mass is 19.1. The van der Waals surface area contributed by atoms with Gasteiger partial charge in [0.05, 0.1) is 23.4 Å². The van der Waals surface area contributed by atoms with Gasteiger partial charge in [0.2, 0.25) is 0 Å². The number of hydrogen-bond donors (Lipinski definition) is 3. The third-order valence-electron chi connectivity index (χ3n) is 3.38. The molecule has 2 atom stereocenters. The van der Waals surface area contributed by atoms with Crippen LogP contribution in [0.15, 0.2) is 12.1 Å². The molecule has 1 aliphatic carbocycles. The molecule has 4 nitrogen and oxygen atoms in total. The maximum Gasteiger partial charge on any atom is 0.254 e. The van der Waals surface area contributed by atoms with Gasteiger partial charge in [0.1, 0.15) is 11.6 Å². The van der Waals surface area contributed by atoms with Gasteiger partial charge in [-0.05, 0) is 18.9 Å². The number of nitrogens with two attached hydrogens (primary N) is 1. The zero-order valence-corrected chi connectivity index (χ0v) is 10.3. The Bertz CT molecular complexity index is 494. The summed E-state index contributed by atoms with van der Waals surface area (Å²) in [5.41, 5.74) is 4.73. The molecule has 1 aliphatic rings. The number of aliphatic hydroxyl groups excluding tert-OH is 1. The Labute approximate surface area is 109 Å². The summed E-state index contributed by atoms with van der Waals surface area (Å²) in [5, 5.41) is 12.3. The summed E-state index contributed by atoms with van der Waals surface area (Å²) in [5.74, 6) is -2.54. The van der Waals surface area contributed by atoms with Crippen molar-refractivity contribution in [3.8, 4) is 0 Å². The molecule has 1 amide bonds. The van der Waals surface area contributed by atoms with Crippen LogP contribution in [0.4, 0.5) is 14.5 Å². The Balaban J connectivity index is 2.13. The Morgan fingerprint density at radius 2 is 1.95 bits per heavy atom. The Hall–Kier alpha value is -1.69. The first kappa shape index (κ1) is 13.7. The summed E-state index contributed by atoms with van der Waals surface area (Å²) >= 11 is 0. The van der Waals surface area contributed by atoms with Crippen LogP contribution in [0.3, 0.4) is 0 Å². The van der Waals surface area contributed by atoms with Gasteiger partial charge in [-0.3, -0.25) is 4.79 Å². The molecular weight excluding hydrogens is 254 g/mol. The summed E-state index contributed by atoms with van der Waals surface area (Å²) < 4.78 is 26.5. The van der Waals surface area contributed by atoms with Gasteiger partial charge in [-0.15, -0.1) is 0 Å². The predicted molar refractivity (Wildman–Crippen MR) is 66.5 cm³/mol. The highest BCUT2D eigenvalue weighted by Gasteiger charge is 2.26. The normalized spacial score (nSPS) is 23.1. The molecule has 6 heteroatoms. The number of benzene rings is 1. The number of amides is 1. The molecule has 4 N–H and O–H groups in total. The fourth-order valence-corrected chi connectivity index (χ4v) is 2.27. The SMILES string of the molecule is Nc1cc(C(=O)N[C@@H]2CCCC[C@H]2O)c(F)cc1F. The minimum Gasteiger partial charge on any atom is -0.396 e. The largest absolute Gasteiger partial charge is 0.396 e. The fourth-order valence-electron chi connectivity index (χ4n) is 2.27. The summed E-state index contributed by atoms with van der Waals surface area (Å²) in [4.78, 5) is 11.9. The molecule has 0 saturated heterocycles. The van der Waals surface area contributed by atoms with Gasteiger partial charge in [-0.2, -0.15) is 0 Å². The van der Waals surface area contributed by atoms with Crippen molar-refractivity contribution in [1.29, 1.82) is 0 Å². The highest BCUT2D eigenvalue weighted by molar-refractivity contribution is 5.95. The van der Waals surface area contributed by atoms with Gasteiger partial charge in [-0.25, -0.2) is 8.78 Å². The second kappa shape index (κ2) is 5.52. The molecule has 0 spiro atoms. The van der Waals surface area contributed by atoms with E-state index in [4.69, 9.17) is 5.73 Å². The molecule has 1 aromatic rings. The molecule has 0 radical (unpaired) electrons.